The van der Waals surface area contributed by atoms with E-state index < -0.39 is 11.6 Å². The van der Waals surface area contributed by atoms with Gasteiger partial charge >= 0.3 is 5.97 Å². The third-order valence-electron chi connectivity index (χ3n) is 2.28. The zero-order valence-corrected chi connectivity index (χ0v) is 11.3. The monoisotopic (exact) mass is 252 g/mol. The normalized spacial score (nSPS) is 11.1. The summed E-state index contributed by atoms with van der Waals surface area (Å²) in [5.41, 5.74) is -0.564. The second kappa shape index (κ2) is 5.36. The SMILES string of the molecule is CSc1cccc(C(=O)C(C)(C)OC(C)=O)c1. The van der Waals surface area contributed by atoms with E-state index in [4.69, 9.17) is 4.74 Å². The van der Waals surface area contributed by atoms with Crippen LogP contribution in [0.2, 0.25) is 0 Å². The lowest BCUT2D eigenvalue weighted by Crippen LogP contribution is -2.36. The maximum absolute atomic E-state index is 12.2. The first-order valence-electron chi connectivity index (χ1n) is 5.25. The number of carbonyl (C=O) groups excluding carboxylic acids is 2. The van der Waals surface area contributed by atoms with Gasteiger partial charge in [-0.25, -0.2) is 0 Å². The summed E-state index contributed by atoms with van der Waals surface area (Å²) in [7, 11) is 0. The molecule has 0 amide bonds. The van der Waals surface area contributed by atoms with Gasteiger partial charge in [0.25, 0.3) is 0 Å². The van der Waals surface area contributed by atoms with Gasteiger partial charge in [-0.05, 0) is 32.2 Å². The molecule has 0 aromatic heterocycles. The Kier molecular flexibility index (Phi) is 4.34. The predicted octanol–water partition coefficient (Wildman–Crippen LogP) is 2.93. The highest BCUT2D eigenvalue weighted by atomic mass is 32.2. The van der Waals surface area contributed by atoms with Crippen molar-refractivity contribution < 1.29 is 14.3 Å². The van der Waals surface area contributed by atoms with Gasteiger partial charge < -0.3 is 4.74 Å². The highest BCUT2D eigenvalue weighted by molar-refractivity contribution is 7.98. The number of ether oxygens (including phenoxy) is 1. The highest BCUT2D eigenvalue weighted by Gasteiger charge is 2.31. The third-order valence-corrected chi connectivity index (χ3v) is 3.00. The molecule has 3 nitrogen and oxygen atoms in total. The summed E-state index contributed by atoms with van der Waals surface area (Å²) < 4.78 is 5.03. The van der Waals surface area contributed by atoms with Crippen molar-refractivity contribution in [1.82, 2.24) is 0 Å². The van der Waals surface area contributed by atoms with Crippen LogP contribution in [0.4, 0.5) is 0 Å². The van der Waals surface area contributed by atoms with Crippen LogP contribution in [0, 0.1) is 0 Å². The summed E-state index contributed by atoms with van der Waals surface area (Å²) in [6, 6.07) is 7.29. The average Bonchev–Trinajstić information content (AvgIpc) is 2.26. The second-order valence-corrected chi connectivity index (χ2v) is 5.04. The molecule has 0 saturated carbocycles. The Hall–Kier alpha value is -1.29. The largest absolute Gasteiger partial charge is 0.451 e. The number of hydrogen-bond donors (Lipinski definition) is 0. The van der Waals surface area contributed by atoms with Crippen LogP contribution >= 0.6 is 11.8 Å². The lowest BCUT2D eigenvalue weighted by Gasteiger charge is -2.22. The molecule has 0 heterocycles. The molecule has 0 atom stereocenters. The van der Waals surface area contributed by atoms with Crippen LogP contribution in [0.25, 0.3) is 0 Å². The number of benzene rings is 1. The molecule has 1 aromatic carbocycles. The van der Waals surface area contributed by atoms with Crippen molar-refractivity contribution in [1.29, 1.82) is 0 Å². The van der Waals surface area contributed by atoms with Crippen LogP contribution in [0.5, 0.6) is 0 Å². The quantitative estimate of drug-likeness (QED) is 0.469. The van der Waals surface area contributed by atoms with Crippen LogP contribution < -0.4 is 0 Å². The van der Waals surface area contributed by atoms with E-state index in [-0.39, 0.29) is 5.78 Å². The first kappa shape index (κ1) is 13.8. The fraction of sp³-hybridized carbons (Fsp3) is 0.385. The van der Waals surface area contributed by atoms with Crippen molar-refractivity contribution in [3.05, 3.63) is 29.8 Å². The number of hydrogen-bond acceptors (Lipinski definition) is 4. The first-order chi connectivity index (χ1) is 7.86. The molecule has 0 spiro atoms. The number of esters is 1. The highest BCUT2D eigenvalue weighted by Crippen LogP contribution is 2.21. The summed E-state index contributed by atoms with van der Waals surface area (Å²) in [6.07, 6.45) is 1.95. The molecule has 0 bridgehead atoms. The molecule has 0 unspecified atom stereocenters. The van der Waals surface area contributed by atoms with Crippen molar-refractivity contribution in [2.24, 2.45) is 0 Å². The minimum absolute atomic E-state index is 0.191. The van der Waals surface area contributed by atoms with Crippen LogP contribution in [0.1, 0.15) is 31.1 Å². The minimum Gasteiger partial charge on any atom is -0.451 e. The maximum Gasteiger partial charge on any atom is 0.303 e. The number of ketones is 1. The Balaban J connectivity index is 2.98. The van der Waals surface area contributed by atoms with Crippen molar-refractivity contribution in [2.45, 2.75) is 31.3 Å². The van der Waals surface area contributed by atoms with Gasteiger partial charge in [-0.1, -0.05) is 12.1 Å². The maximum atomic E-state index is 12.2. The summed E-state index contributed by atoms with van der Waals surface area (Å²) in [6.45, 7) is 4.50. The van der Waals surface area contributed by atoms with Gasteiger partial charge in [0.15, 0.2) is 5.60 Å². The van der Waals surface area contributed by atoms with Crippen LogP contribution in [0.3, 0.4) is 0 Å². The van der Waals surface area contributed by atoms with Gasteiger partial charge in [-0.2, -0.15) is 0 Å². The molecule has 0 aliphatic heterocycles. The Morgan fingerprint density at radius 1 is 1.29 bits per heavy atom. The van der Waals surface area contributed by atoms with E-state index >= 15 is 0 Å². The van der Waals surface area contributed by atoms with E-state index in [1.54, 1.807) is 37.7 Å². The zero-order valence-electron chi connectivity index (χ0n) is 10.4. The second-order valence-electron chi connectivity index (χ2n) is 4.17. The fourth-order valence-electron chi connectivity index (χ4n) is 1.52. The van der Waals surface area contributed by atoms with Gasteiger partial charge in [-0.15, -0.1) is 11.8 Å². The van der Waals surface area contributed by atoms with E-state index in [1.165, 1.54) is 6.92 Å². The van der Waals surface area contributed by atoms with Crippen molar-refractivity contribution in [3.63, 3.8) is 0 Å². The van der Waals surface area contributed by atoms with Gasteiger partial charge in [0.05, 0.1) is 0 Å². The summed E-state index contributed by atoms with van der Waals surface area (Å²) >= 11 is 1.56. The molecule has 0 radical (unpaired) electrons. The molecule has 0 aliphatic carbocycles. The van der Waals surface area contributed by atoms with Crippen LogP contribution in [-0.2, 0) is 9.53 Å². The fourth-order valence-corrected chi connectivity index (χ4v) is 1.98. The average molecular weight is 252 g/mol. The molecule has 4 heteroatoms. The molecular weight excluding hydrogens is 236 g/mol. The molecule has 17 heavy (non-hydrogen) atoms. The van der Waals surface area contributed by atoms with E-state index in [2.05, 4.69) is 0 Å². The zero-order chi connectivity index (χ0) is 13.1. The number of carbonyl (C=O) groups is 2. The van der Waals surface area contributed by atoms with Gasteiger partial charge in [-0.3, -0.25) is 9.59 Å². The Labute approximate surface area is 106 Å². The number of Topliss-reactive ketones (excluding diaryl/α,β-unsaturated/α-hetero) is 1. The van der Waals surface area contributed by atoms with Crippen molar-refractivity contribution in [3.8, 4) is 0 Å². The topological polar surface area (TPSA) is 43.4 Å². The lowest BCUT2D eigenvalue weighted by molar-refractivity contribution is -0.149. The van der Waals surface area contributed by atoms with E-state index in [1.807, 2.05) is 18.4 Å². The van der Waals surface area contributed by atoms with Gasteiger partial charge in [0, 0.05) is 17.4 Å². The molecule has 0 saturated heterocycles. The Bertz CT molecular complexity index is 438. The van der Waals surface area contributed by atoms with Gasteiger partial charge in [0.1, 0.15) is 0 Å². The van der Waals surface area contributed by atoms with Crippen LogP contribution in [0.15, 0.2) is 29.2 Å². The van der Waals surface area contributed by atoms with E-state index in [0.717, 1.165) is 4.90 Å². The van der Waals surface area contributed by atoms with Gasteiger partial charge in [0.2, 0.25) is 5.78 Å². The molecule has 0 aliphatic rings. The van der Waals surface area contributed by atoms with E-state index in [9.17, 15) is 9.59 Å². The standard InChI is InChI=1S/C13H16O3S/c1-9(14)16-13(2,3)12(15)10-6-5-7-11(8-10)17-4/h5-8H,1-4H3. The predicted molar refractivity (Wildman–Crippen MR) is 68.4 cm³/mol. The molecule has 1 aromatic rings. The van der Waals surface area contributed by atoms with Crippen molar-refractivity contribution >= 4 is 23.5 Å². The lowest BCUT2D eigenvalue weighted by atomic mass is 9.96. The summed E-state index contributed by atoms with van der Waals surface area (Å²) in [5.74, 6) is -0.645. The minimum atomic E-state index is -1.12. The molecule has 92 valence electrons. The third kappa shape index (κ3) is 3.60. The smallest absolute Gasteiger partial charge is 0.303 e. The van der Waals surface area contributed by atoms with Crippen LogP contribution in [-0.4, -0.2) is 23.6 Å². The summed E-state index contributed by atoms with van der Waals surface area (Å²) in [4.78, 5) is 24.1. The summed E-state index contributed by atoms with van der Waals surface area (Å²) in [5, 5.41) is 0. The van der Waals surface area contributed by atoms with E-state index in [0.29, 0.717) is 5.56 Å². The molecule has 1 rings (SSSR count). The molecule has 0 fully saturated rings. The molecule has 0 N–H and O–H groups in total. The molecular formula is C13H16O3S. The Morgan fingerprint density at radius 2 is 1.94 bits per heavy atom. The first-order valence-corrected chi connectivity index (χ1v) is 6.47. The number of rotatable bonds is 4. The number of thioether (sulfide) groups is 1. The Morgan fingerprint density at radius 3 is 2.47 bits per heavy atom. The van der Waals surface area contributed by atoms with Crippen molar-refractivity contribution in [2.75, 3.05) is 6.26 Å².